The number of amides is 1. The fourth-order valence-electron chi connectivity index (χ4n) is 1.99. The Bertz CT molecular complexity index is 542. The largest absolute Gasteiger partial charge is 0.344 e. The molecule has 0 atom stereocenters. The molecule has 0 aliphatic rings. The molecule has 0 aliphatic carbocycles. The summed E-state index contributed by atoms with van der Waals surface area (Å²) in [5.74, 6) is 0.150. The van der Waals surface area contributed by atoms with Crippen LogP contribution in [0.1, 0.15) is 12.6 Å². The molecule has 0 N–H and O–H groups in total. The van der Waals surface area contributed by atoms with Gasteiger partial charge in [0.05, 0.1) is 0 Å². The van der Waals surface area contributed by atoms with E-state index in [-0.39, 0.29) is 5.91 Å². The highest BCUT2D eigenvalue weighted by atomic mass is 16.2. The number of para-hydroxylation sites is 1. The fourth-order valence-corrected chi connectivity index (χ4v) is 1.99. The topological polar surface area (TPSA) is 25.2 Å². The van der Waals surface area contributed by atoms with Crippen LogP contribution in [0.15, 0.2) is 30.3 Å². The first-order valence-electron chi connectivity index (χ1n) is 5.92. The van der Waals surface area contributed by atoms with Gasteiger partial charge in [0.25, 0.3) is 0 Å². The van der Waals surface area contributed by atoms with Crippen LogP contribution in [-0.2, 0) is 11.3 Å². The van der Waals surface area contributed by atoms with Crippen molar-refractivity contribution in [3.05, 3.63) is 36.0 Å². The Labute approximate surface area is 102 Å². The molecule has 2 rings (SSSR count). The average Bonchev–Trinajstić information content (AvgIpc) is 2.65. The Kier molecular flexibility index (Phi) is 3.18. The summed E-state index contributed by atoms with van der Waals surface area (Å²) in [5.41, 5.74) is 2.26. The van der Waals surface area contributed by atoms with E-state index in [0.29, 0.717) is 6.54 Å². The zero-order valence-corrected chi connectivity index (χ0v) is 10.6. The van der Waals surface area contributed by atoms with E-state index in [1.54, 1.807) is 4.90 Å². The lowest BCUT2D eigenvalue weighted by atomic mass is 10.2. The van der Waals surface area contributed by atoms with E-state index < -0.39 is 0 Å². The van der Waals surface area contributed by atoms with E-state index in [9.17, 15) is 4.79 Å². The van der Waals surface area contributed by atoms with Crippen molar-refractivity contribution < 1.29 is 4.79 Å². The van der Waals surface area contributed by atoms with Gasteiger partial charge in [-0.15, -0.1) is 0 Å². The maximum atomic E-state index is 11.9. The number of rotatable bonds is 3. The second-order valence-electron chi connectivity index (χ2n) is 4.34. The highest BCUT2D eigenvalue weighted by molar-refractivity contribution is 5.84. The molecule has 1 aromatic carbocycles. The number of likely N-dealkylation sites (N-methyl/N-ethyl adjacent to an activating group) is 1. The summed E-state index contributed by atoms with van der Waals surface area (Å²) in [6, 6.07) is 10.3. The van der Waals surface area contributed by atoms with Gasteiger partial charge in [-0.05, 0) is 31.4 Å². The monoisotopic (exact) mass is 230 g/mol. The third kappa shape index (κ3) is 2.18. The number of hydrogen-bond donors (Lipinski definition) is 0. The number of carbonyl (C=O) groups excluding carboxylic acids is 1. The summed E-state index contributed by atoms with van der Waals surface area (Å²) in [4.78, 5) is 13.7. The number of fused-ring (bicyclic) bond motifs is 1. The smallest absolute Gasteiger partial charge is 0.242 e. The zero-order valence-electron chi connectivity index (χ0n) is 10.6. The van der Waals surface area contributed by atoms with Crippen LogP contribution in [0.4, 0.5) is 0 Å². The van der Waals surface area contributed by atoms with Gasteiger partial charge in [0.1, 0.15) is 6.54 Å². The average molecular weight is 230 g/mol. The maximum Gasteiger partial charge on any atom is 0.242 e. The number of nitrogens with zero attached hydrogens (tertiary/aromatic N) is 2. The van der Waals surface area contributed by atoms with Crippen molar-refractivity contribution in [2.45, 2.75) is 20.4 Å². The predicted octanol–water partition coefficient (Wildman–Crippen LogP) is 2.43. The molecule has 0 fully saturated rings. The van der Waals surface area contributed by atoms with Crippen LogP contribution < -0.4 is 0 Å². The Morgan fingerprint density at radius 2 is 2.06 bits per heavy atom. The first-order valence-corrected chi connectivity index (χ1v) is 5.92. The van der Waals surface area contributed by atoms with E-state index in [1.165, 1.54) is 5.39 Å². The fraction of sp³-hybridized carbons (Fsp3) is 0.357. The lowest BCUT2D eigenvalue weighted by Crippen LogP contribution is -2.30. The number of benzene rings is 1. The van der Waals surface area contributed by atoms with Gasteiger partial charge < -0.3 is 9.47 Å². The SMILES string of the molecule is CCN(C)C(=O)Cn1c(C)cc2ccccc21. The second-order valence-corrected chi connectivity index (χ2v) is 4.34. The van der Waals surface area contributed by atoms with Gasteiger partial charge in [0.2, 0.25) is 5.91 Å². The molecule has 0 saturated carbocycles. The summed E-state index contributed by atoms with van der Waals surface area (Å²) >= 11 is 0. The van der Waals surface area contributed by atoms with E-state index in [1.807, 2.05) is 33.0 Å². The summed E-state index contributed by atoms with van der Waals surface area (Å²) in [6.07, 6.45) is 0. The molecule has 3 nitrogen and oxygen atoms in total. The molecule has 0 saturated heterocycles. The number of carbonyl (C=O) groups is 1. The van der Waals surface area contributed by atoms with Gasteiger partial charge in [0, 0.05) is 24.8 Å². The lowest BCUT2D eigenvalue weighted by Gasteiger charge is -2.16. The van der Waals surface area contributed by atoms with E-state index in [0.717, 1.165) is 17.8 Å². The normalized spacial score (nSPS) is 10.8. The van der Waals surface area contributed by atoms with Crippen molar-refractivity contribution in [1.29, 1.82) is 0 Å². The van der Waals surface area contributed by atoms with Gasteiger partial charge in [-0.3, -0.25) is 4.79 Å². The Morgan fingerprint density at radius 1 is 1.35 bits per heavy atom. The van der Waals surface area contributed by atoms with Gasteiger partial charge in [-0.25, -0.2) is 0 Å². The molecule has 1 aromatic heterocycles. The molecule has 0 radical (unpaired) electrons. The minimum absolute atomic E-state index is 0.150. The minimum Gasteiger partial charge on any atom is -0.344 e. The first kappa shape index (κ1) is 11.7. The zero-order chi connectivity index (χ0) is 12.4. The van der Waals surface area contributed by atoms with E-state index in [4.69, 9.17) is 0 Å². The Balaban J connectivity index is 2.35. The molecule has 0 unspecified atom stereocenters. The van der Waals surface area contributed by atoms with Crippen molar-refractivity contribution in [3.63, 3.8) is 0 Å². The summed E-state index contributed by atoms with van der Waals surface area (Å²) in [6.45, 7) is 5.19. The third-order valence-electron chi connectivity index (χ3n) is 3.21. The van der Waals surface area contributed by atoms with E-state index >= 15 is 0 Å². The molecular weight excluding hydrogens is 212 g/mol. The predicted molar refractivity (Wildman–Crippen MR) is 70.0 cm³/mol. The molecule has 90 valence electrons. The first-order chi connectivity index (χ1) is 8.13. The van der Waals surface area contributed by atoms with Crippen molar-refractivity contribution >= 4 is 16.8 Å². The molecule has 0 spiro atoms. The van der Waals surface area contributed by atoms with Gasteiger partial charge >= 0.3 is 0 Å². The highest BCUT2D eigenvalue weighted by Gasteiger charge is 2.11. The molecule has 0 bridgehead atoms. The number of hydrogen-bond acceptors (Lipinski definition) is 1. The third-order valence-corrected chi connectivity index (χ3v) is 3.21. The van der Waals surface area contributed by atoms with Crippen LogP contribution in [-0.4, -0.2) is 29.0 Å². The van der Waals surface area contributed by atoms with Crippen molar-refractivity contribution in [2.75, 3.05) is 13.6 Å². The van der Waals surface area contributed by atoms with Crippen LogP contribution in [0.3, 0.4) is 0 Å². The molecular formula is C14H18N2O. The Hall–Kier alpha value is -1.77. The van der Waals surface area contributed by atoms with Crippen molar-refractivity contribution in [2.24, 2.45) is 0 Å². The summed E-state index contributed by atoms with van der Waals surface area (Å²) in [5, 5.41) is 1.19. The van der Waals surface area contributed by atoms with Crippen LogP contribution in [0.25, 0.3) is 10.9 Å². The molecule has 0 aliphatic heterocycles. The van der Waals surface area contributed by atoms with Crippen LogP contribution in [0.5, 0.6) is 0 Å². The van der Waals surface area contributed by atoms with Gasteiger partial charge in [0.15, 0.2) is 0 Å². The standard InChI is InChI=1S/C14H18N2O/c1-4-15(3)14(17)10-16-11(2)9-12-7-5-6-8-13(12)16/h5-9H,4,10H2,1-3H3. The number of aromatic nitrogens is 1. The minimum atomic E-state index is 0.150. The van der Waals surface area contributed by atoms with Crippen LogP contribution in [0.2, 0.25) is 0 Å². The summed E-state index contributed by atoms with van der Waals surface area (Å²) < 4.78 is 2.07. The quantitative estimate of drug-likeness (QED) is 0.795. The lowest BCUT2D eigenvalue weighted by molar-refractivity contribution is -0.130. The van der Waals surface area contributed by atoms with Crippen molar-refractivity contribution in [1.82, 2.24) is 9.47 Å². The molecule has 17 heavy (non-hydrogen) atoms. The highest BCUT2D eigenvalue weighted by Crippen LogP contribution is 2.19. The van der Waals surface area contributed by atoms with Gasteiger partial charge in [-0.2, -0.15) is 0 Å². The molecule has 1 heterocycles. The van der Waals surface area contributed by atoms with Crippen LogP contribution in [0, 0.1) is 6.92 Å². The Morgan fingerprint density at radius 3 is 2.76 bits per heavy atom. The molecule has 2 aromatic rings. The van der Waals surface area contributed by atoms with E-state index in [2.05, 4.69) is 22.8 Å². The molecule has 3 heteroatoms. The maximum absolute atomic E-state index is 11.9. The van der Waals surface area contributed by atoms with Crippen molar-refractivity contribution in [3.8, 4) is 0 Å². The second kappa shape index (κ2) is 4.62. The summed E-state index contributed by atoms with van der Waals surface area (Å²) in [7, 11) is 1.84. The number of aryl methyl sites for hydroxylation is 1. The van der Waals surface area contributed by atoms with Crippen LogP contribution >= 0.6 is 0 Å². The van der Waals surface area contributed by atoms with Gasteiger partial charge in [-0.1, -0.05) is 18.2 Å². The molecule has 1 amide bonds.